The summed E-state index contributed by atoms with van der Waals surface area (Å²) in [6.45, 7) is 3.40. The lowest BCUT2D eigenvalue weighted by Crippen LogP contribution is -2.60. The molecule has 3 aliphatic rings. The van der Waals surface area contributed by atoms with Gasteiger partial charge in [-0.2, -0.15) is 0 Å². The van der Waals surface area contributed by atoms with Gasteiger partial charge in [-0.3, -0.25) is 9.59 Å². The van der Waals surface area contributed by atoms with Gasteiger partial charge < -0.3 is 24.8 Å². The first-order valence-electron chi connectivity index (χ1n) is 6.02. The fourth-order valence-electron chi connectivity index (χ4n) is 3.00. The van der Waals surface area contributed by atoms with E-state index in [2.05, 4.69) is 5.32 Å². The fraction of sp³-hybridized carbons (Fsp3) is 0.818. The van der Waals surface area contributed by atoms with Crippen molar-refractivity contribution in [1.82, 2.24) is 10.2 Å². The van der Waals surface area contributed by atoms with Crippen LogP contribution < -0.4 is 5.32 Å². The van der Waals surface area contributed by atoms with Gasteiger partial charge in [-0.1, -0.05) is 0 Å². The maximum absolute atomic E-state index is 11.8. The van der Waals surface area contributed by atoms with E-state index < -0.39 is 29.8 Å². The van der Waals surface area contributed by atoms with Gasteiger partial charge in [0.2, 0.25) is 0 Å². The van der Waals surface area contributed by atoms with Crippen molar-refractivity contribution in [2.24, 2.45) is 0 Å². The molecule has 0 aromatic rings. The third kappa shape index (κ3) is 1.54. The Hall–Kier alpha value is -1.18. The van der Waals surface area contributed by atoms with Gasteiger partial charge in [0.05, 0.1) is 18.8 Å². The minimum atomic E-state index is -0.734. The highest BCUT2D eigenvalue weighted by atomic mass is 16.8. The zero-order valence-electron chi connectivity index (χ0n) is 10.3. The Morgan fingerprint density at radius 1 is 1.44 bits per heavy atom. The smallest absolute Gasteiger partial charge is 0.313 e. The van der Waals surface area contributed by atoms with Gasteiger partial charge in [-0.15, -0.1) is 0 Å². The number of hydrogen-bond acceptors (Lipinski definition) is 5. The molecule has 0 bridgehead atoms. The first-order valence-corrected chi connectivity index (χ1v) is 6.02. The van der Waals surface area contributed by atoms with Crippen LogP contribution in [0.4, 0.5) is 0 Å². The Labute approximate surface area is 104 Å². The number of nitrogens with one attached hydrogen (secondary N) is 1. The molecular weight excluding hydrogens is 240 g/mol. The molecule has 0 radical (unpaired) electrons. The van der Waals surface area contributed by atoms with E-state index in [1.165, 1.54) is 4.90 Å². The number of fused-ring (bicyclic) bond motifs is 3. The molecule has 0 aliphatic carbocycles. The average Bonchev–Trinajstić information content (AvgIpc) is 2.75. The van der Waals surface area contributed by atoms with E-state index >= 15 is 0 Å². The van der Waals surface area contributed by atoms with Gasteiger partial charge in [0.15, 0.2) is 5.79 Å². The quantitative estimate of drug-likeness (QED) is 0.561. The zero-order chi connectivity index (χ0) is 13.1. The van der Waals surface area contributed by atoms with Crippen LogP contribution in [0.5, 0.6) is 0 Å². The molecule has 2 amide bonds. The van der Waals surface area contributed by atoms with Crippen LogP contribution in [0.2, 0.25) is 0 Å². The number of carbonyl (C=O) groups excluding carboxylic acids is 2. The molecule has 3 heterocycles. The van der Waals surface area contributed by atoms with Crippen LogP contribution >= 0.6 is 0 Å². The number of amides is 2. The highest BCUT2D eigenvalue weighted by molar-refractivity contribution is 6.37. The first-order chi connectivity index (χ1) is 8.43. The molecule has 4 unspecified atom stereocenters. The Kier molecular flexibility index (Phi) is 2.42. The Morgan fingerprint density at radius 2 is 2.17 bits per heavy atom. The molecule has 0 aromatic heterocycles. The van der Waals surface area contributed by atoms with Gasteiger partial charge in [-0.05, 0) is 20.3 Å². The maximum atomic E-state index is 11.8. The van der Waals surface area contributed by atoms with Gasteiger partial charge in [0, 0.05) is 0 Å². The zero-order valence-corrected chi connectivity index (χ0v) is 10.3. The second-order valence-corrected chi connectivity index (χ2v) is 5.34. The molecule has 2 N–H and O–H groups in total. The summed E-state index contributed by atoms with van der Waals surface area (Å²) >= 11 is 0. The van der Waals surface area contributed by atoms with Crippen molar-refractivity contribution in [3.8, 4) is 0 Å². The van der Waals surface area contributed by atoms with E-state index in [-0.39, 0.29) is 18.8 Å². The minimum absolute atomic E-state index is 0.190. The van der Waals surface area contributed by atoms with Gasteiger partial charge in [0.25, 0.3) is 0 Å². The molecule has 0 spiro atoms. The summed E-state index contributed by atoms with van der Waals surface area (Å²) in [7, 11) is 0. The third-order valence-electron chi connectivity index (χ3n) is 3.65. The van der Waals surface area contributed by atoms with Crippen molar-refractivity contribution < 1.29 is 24.2 Å². The van der Waals surface area contributed by atoms with E-state index in [0.29, 0.717) is 6.42 Å². The number of piperidine rings is 1. The second kappa shape index (κ2) is 3.66. The highest BCUT2D eigenvalue weighted by Crippen LogP contribution is 2.38. The van der Waals surface area contributed by atoms with Crippen molar-refractivity contribution in [3.63, 3.8) is 0 Å². The molecule has 7 heteroatoms. The topological polar surface area (TPSA) is 88.1 Å². The van der Waals surface area contributed by atoms with Crippen molar-refractivity contribution in [3.05, 3.63) is 0 Å². The van der Waals surface area contributed by atoms with Crippen LogP contribution in [0.3, 0.4) is 0 Å². The average molecular weight is 256 g/mol. The fourth-order valence-corrected chi connectivity index (χ4v) is 3.00. The molecule has 3 aliphatic heterocycles. The molecule has 7 nitrogen and oxygen atoms in total. The number of carbonyl (C=O) groups is 2. The van der Waals surface area contributed by atoms with Gasteiger partial charge in [0.1, 0.15) is 12.3 Å². The van der Waals surface area contributed by atoms with Crippen molar-refractivity contribution in [1.29, 1.82) is 0 Å². The molecular formula is C11H16N2O5. The van der Waals surface area contributed by atoms with Crippen molar-refractivity contribution in [2.45, 2.75) is 50.5 Å². The molecule has 0 aromatic carbocycles. The number of aliphatic hydroxyl groups is 1. The predicted octanol–water partition coefficient (Wildman–Crippen LogP) is -1.44. The van der Waals surface area contributed by atoms with Crippen molar-refractivity contribution >= 4 is 11.8 Å². The van der Waals surface area contributed by atoms with Crippen LogP contribution in [-0.4, -0.2) is 58.6 Å². The molecule has 3 saturated heterocycles. The number of aliphatic hydroxyl groups excluding tert-OH is 1. The van der Waals surface area contributed by atoms with E-state index in [1.54, 1.807) is 13.8 Å². The lowest BCUT2D eigenvalue weighted by molar-refractivity contribution is -0.150. The Bertz CT molecular complexity index is 410. The van der Waals surface area contributed by atoms with Crippen LogP contribution in [0.15, 0.2) is 0 Å². The summed E-state index contributed by atoms with van der Waals surface area (Å²) < 4.78 is 11.5. The van der Waals surface area contributed by atoms with Crippen LogP contribution in [0.1, 0.15) is 20.3 Å². The summed E-state index contributed by atoms with van der Waals surface area (Å²) in [5.74, 6) is -1.99. The lowest BCUT2D eigenvalue weighted by atomic mass is 9.96. The lowest BCUT2D eigenvalue weighted by Gasteiger charge is -2.40. The Morgan fingerprint density at radius 3 is 2.83 bits per heavy atom. The summed E-state index contributed by atoms with van der Waals surface area (Å²) in [5.41, 5.74) is 0. The van der Waals surface area contributed by atoms with E-state index in [9.17, 15) is 14.7 Å². The summed E-state index contributed by atoms with van der Waals surface area (Å²) in [6.07, 6.45) is -0.660. The van der Waals surface area contributed by atoms with Gasteiger partial charge >= 0.3 is 11.8 Å². The normalized spacial score (nSPS) is 41.6. The first kappa shape index (κ1) is 11.9. The predicted molar refractivity (Wildman–Crippen MR) is 58.1 cm³/mol. The third-order valence-corrected chi connectivity index (χ3v) is 3.65. The number of ether oxygens (including phenoxy) is 2. The summed E-state index contributed by atoms with van der Waals surface area (Å²) in [4.78, 5) is 24.6. The molecule has 0 saturated carbocycles. The molecule has 3 rings (SSSR count). The van der Waals surface area contributed by atoms with Crippen LogP contribution in [0, 0.1) is 0 Å². The van der Waals surface area contributed by atoms with Crippen LogP contribution in [0.25, 0.3) is 0 Å². The number of nitrogens with zero attached hydrogens (tertiary/aromatic N) is 1. The van der Waals surface area contributed by atoms with E-state index in [1.807, 2.05) is 0 Å². The van der Waals surface area contributed by atoms with E-state index in [4.69, 9.17) is 9.47 Å². The van der Waals surface area contributed by atoms with Crippen molar-refractivity contribution in [2.75, 3.05) is 6.61 Å². The van der Waals surface area contributed by atoms with E-state index in [0.717, 1.165) is 0 Å². The molecule has 3 fully saturated rings. The number of hydrogen-bond donors (Lipinski definition) is 2. The standard InChI is InChI=1S/C11H16N2O5/c1-11(2)17-6-3-5(4-14)13-8(7(6)18-11)12-9(15)10(13)16/h5-8,14H,3-4H2,1-2H3,(H,12,15). The van der Waals surface area contributed by atoms with Crippen LogP contribution in [-0.2, 0) is 19.1 Å². The SMILES string of the molecule is CC1(C)OC2CC(CO)N3C(=O)C(=O)NC3C2O1. The monoisotopic (exact) mass is 256 g/mol. The highest BCUT2D eigenvalue weighted by Gasteiger charge is 2.57. The summed E-state index contributed by atoms with van der Waals surface area (Å²) in [5, 5.41) is 12.0. The molecule has 100 valence electrons. The second-order valence-electron chi connectivity index (χ2n) is 5.34. The summed E-state index contributed by atoms with van der Waals surface area (Å²) in [6, 6.07) is -0.403. The molecule has 18 heavy (non-hydrogen) atoms. The van der Waals surface area contributed by atoms with Gasteiger partial charge in [-0.25, -0.2) is 0 Å². The maximum Gasteiger partial charge on any atom is 0.313 e. The number of rotatable bonds is 1. The minimum Gasteiger partial charge on any atom is -0.394 e. The Balaban J connectivity index is 1.92. The molecule has 4 atom stereocenters. The largest absolute Gasteiger partial charge is 0.394 e.